The first-order valence-electron chi connectivity index (χ1n) is 9.91. The van der Waals surface area contributed by atoms with Crippen molar-refractivity contribution >= 4 is 35.0 Å². The number of aromatic nitrogens is 6. The predicted molar refractivity (Wildman–Crippen MR) is 123 cm³/mol. The highest BCUT2D eigenvalue weighted by molar-refractivity contribution is 6.34. The lowest BCUT2D eigenvalue weighted by Gasteiger charge is -2.19. The average Bonchev–Trinajstić information content (AvgIpc) is 3.37. The number of aliphatic hydroxyl groups is 1. The molecule has 33 heavy (non-hydrogen) atoms. The zero-order valence-electron chi connectivity index (χ0n) is 17.5. The Morgan fingerprint density at radius 2 is 2.03 bits per heavy atom. The molecule has 5 N–H and O–H groups in total. The van der Waals surface area contributed by atoms with Crippen molar-refractivity contribution in [3.63, 3.8) is 0 Å². The molecule has 4 rings (SSSR count). The second kappa shape index (κ2) is 10.0. The normalized spacial score (nSPS) is 11.6. The third-order valence-corrected chi connectivity index (χ3v) is 5.08. The lowest BCUT2D eigenvalue weighted by molar-refractivity contribution is 0.0963. The van der Waals surface area contributed by atoms with E-state index in [9.17, 15) is 9.90 Å². The lowest BCUT2D eigenvalue weighted by Crippen LogP contribution is -2.18. The standard InChI is InChI=1S/C21H20ClN9O2/c1-23-20(33)14-8-7-13(9-16(14)22)25-21-24-10-15(19-28-30-31-29-19)18(27-21)26-17(11-32)12-5-3-2-4-6-12/h2-10,17,32H,11H2,1H3,(H,23,33)(H2,24,25,26,27)(H,28,29,30,31)/t17-/m1/s1. The maximum atomic E-state index is 11.9. The number of nitrogens with zero attached hydrogens (tertiary/aromatic N) is 5. The van der Waals surface area contributed by atoms with Gasteiger partial charge >= 0.3 is 0 Å². The van der Waals surface area contributed by atoms with Gasteiger partial charge in [-0.25, -0.2) is 4.98 Å². The maximum Gasteiger partial charge on any atom is 0.252 e. The van der Waals surface area contributed by atoms with Crippen LogP contribution in [0, 0.1) is 0 Å². The minimum Gasteiger partial charge on any atom is -0.394 e. The monoisotopic (exact) mass is 465 g/mol. The van der Waals surface area contributed by atoms with E-state index in [1.807, 2.05) is 30.3 Å². The predicted octanol–water partition coefficient (Wildman–Crippen LogP) is 2.56. The Morgan fingerprint density at radius 1 is 1.21 bits per heavy atom. The van der Waals surface area contributed by atoms with E-state index in [1.165, 1.54) is 7.05 Å². The van der Waals surface area contributed by atoms with Crippen molar-refractivity contribution in [2.45, 2.75) is 6.04 Å². The fraction of sp³-hybridized carbons (Fsp3) is 0.143. The van der Waals surface area contributed by atoms with Crippen molar-refractivity contribution in [2.75, 3.05) is 24.3 Å². The summed E-state index contributed by atoms with van der Waals surface area (Å²) < 4.78 is 0. The molecule has 0 aliphatic rings. The minimum absolute atomic E-state index is 0.168. The first-order chi connectivity index (χ1) is 16.1. The molecule has 0 saturated carbocycles. The van der Waals surface area contributed by atoms with Crippen LogP contribution in [0.25, 0.3) is 11.4 Å². The number of hydrogen-bond acceptors (Lipinski definition) is 9. The Balaban J connectivity index is 1.65. The van der Waals surface area contributed by atoms with E-state index in [0.717, 1.165) is 5.56 Å². The fourth-order valence-electron chi connectivity index (χ4n) is 3.12. The number of carbonyl (C=O) groups is 1. The molecule has 0 radical (unpaired) electrons. The van der Waals surface area contributed by atoms with E-state index in [1.54, 1.807) is 24.4 Å². The smallest absolute Gasteiger partial charge is 0.252 e. The van der Waals surface area contributed by atoms with Crippen molar-refractivity contribution in [3.05, 3.63) is 70.9 Å². The van der Waals surface area contributed by atoms with E-state index < -0.39 is 6.04 Å². The van der Waals surface area contributed by atoms with E-state index in [-0.39, 0.29) is 23.5 Å². The van der Waals surface area contributed by atoms with Crippen molar-refractivity contribution in [1.82, 2.24) is 35.9 Å². The molecule has 2 aromatic heterocycles. The van der Waals surface area contributed by atoms with Gasteiger partial charge in [0, 0.05) is 18.9 Å². The van der Waals surface area contributed by atoms with Crippen LogP contribution in [-0.2, 0) is 0 Å². The van der Waals surface area contributed by atoms with Crippen molar-refractivity contribution in [1.29, 1.82) is 0 Å². The highest BCUT2D eigenvalue weighted by atomic mass is 35.5. The molecule has 1 amide bonds. The molecule has 0 spiro atoms. The van der Waals surface area contributed by atoms with Gasteiger partial charge in [0.25, 0.3) is 5.91 Å². The molecule has 2 aromatic carbocycles. The molecule has 2 heterocycles. The molecule has 0 aliphatic heterocycles. The lowest BCUT2D eigenvalue weighted by atomic mass is 10.1. The highest BCUT2D eigenvalue weighted by Crippen LogP contribution is 2.29. The van der Waals surface area contributed by atoms with Gasteiger partial charge in [0.2, 0.25) is 11.8 Å². The summed E-state index contributed by atoms with van der Waals surface area (Å²) >= 11 is 6.24. The summed E-state index contributed by atoms with van der Waals surface area (Å²) in [6, 6.07) is 14.0. The average molecular weight is 466 g/mol. The Kier molecular flexibility index (Phi) is 6.72. The van der Waals surface area contributed by atoms with Gasteiger partial charge in [-0.3, -0.25) is 4.79 Å². The first kappa shape index (κ1) is 22.1. The summed E-state index contributed by atoms with van der Waals surface area (Å²) in [5.74, 6) is 0.671. The van der Waals surface area contributed by atoms with Crippen LogP contribution in [0.4, 0.5) is 17.5 Å². The zero-order chi connectivity index (χ0) is 23.2. The molecular formula is C21H20ClN9O2. The second-order valence-electron chi connectivity index (χ2n) is 6.88. The Morgan fingerprint density at radius 3 is 2.70 bits per heavy atom. The summed E-state index contributed by atoms with van der Waals surface area (Å²) in [7, 11) is 1.54. The first-order valence-corrected chi connectivity index (χ1v) is 10.3. The van der Waals surface area contributed by atoms with Gasteiger partial charge < -0.3 is 21.1 Å². The third kappa shape index (κ3) is 5.05. The fourth-order valence-corrected chi connectivity index (χ4v) is 3.38. The zero-order valence-corrected chi connectivity index (χ0v) is 18.2. The molecule has 12 heteroatoms. The number of nitrogens with one attached hydrogen (secondary N) is 4. The van der Waals surface area contributed by atoms with Gasteiger partial charge in [-0.15, -0.1) is 10.2 Å². The summed E-state index contributed by atoms with van der Waals surface area (Å²) in [6.07, 6.45) is 1.54. The number of aromatic amines is 1. The van der Waals surface area contributed by atoms with Gasteiger partial charge in [-0.2, -0.15) is 10.2 Å². The third-order valence-electron chi connectivity index (χ3n) is 4.77. The number of carbonyl (C=O) groups excluding carboxylic acids is 1. The molecule has 1 atom stereocenters. The number of anilines is 3. The number of H-pyrrole nitrogens is 1. The van der Waals surface area contributed by atoms with Crippen LogP contribution < -0.4 is 16.0 Å². The molecule has 0 bridgehead atoms. The van der Waals surface area contributed by atoms with Crippen LogP contribution in [0.15, 0.2) is 54.7 Å². The Bertz CT molecular complexity index is 1240. The molecule has 4 aromatic rings. The highest BCUT2D eigenvalue weighted by Gasteiger charge is 2.18. The Labute approximate surface area is 193 Å². The van der Waals surface area contributed by atoms with Gasteiger partial charge in [-0.1, -0.05) is 41.9 Å². The van der Waals surface area contributed by atoms with Crippen LogP contribution in [-0.4, -0.2) is 55.3 Å². The van der Waals surface area contributed by atoms with Gasteiger partial charge in [0.05, 0.1) is 28.8 Å². The van der Waals surface area contributed by atoms with Crippen molar-refractivity contribution in [2.24, 2.45) is 0 Å². The van der Waals surface area contributed by atoms with Crippen molar-refractivity contribution < 1.29 is 9.90 Å². The largest absolute Gasteiger partial charge is 0.394 e. The maximum absolute atomic E-state index is 11.9. The van der Waals surface area contributed by atoms with Crippen molar-refractivity contribution in [3.8, 4) is 11.4 Å². The van der Waals surface area contributed by atoms with Gasteiger partial charge in [0.15, 0.2) is 0 Å². The molecular weight excluding hydrogens is 446 g/mol. The van der Waals surface area contributed by atoms with E-state index >= 15 is 0 Å². The van der Waals surface area contributed by atoms with E-state index in [2.05, 4.69) is 46.5 Å². The summed E-state index contributed by atoms with van der Waals surface area (Å²) in [4.78, 5) is 20.7. The number of aliphatic hydroxyl groups excluding tert-OH is 1. The van der Waals surface area contributed by atoms with Gasteiger partial charge in [0.1, 0.15) is 5.82 Å². The van der Waals surface area contributed by atoms with E-state index in [0.29, 0.717) is 28.5 Å². The van der Waals surface area contributed by atoms with Crippen LogP contribution >= 0.6 is 11.6 Å². The number of tetrazole rings is 1. The summed E-state index contributed by atoms with van der Waals surface area (Å²) in [6.45, 7) is -0.168. The summed E-state index contributed by atoms with van der Waals surface area (Å²) in [5, 5.41) is 33.1. The quantitative estimate of drug-likeness (QED) is 0.264. The van der Waals surface area contributed by atoms with Crippen LogP contribution in [0.2, 0.25) is 5.02 Å². The second-order valence-corrected chi connectivity index (χ2v) is 7.29. The SMILES string of the molecule is CNC(=O)c1ccc(Nc2ncc(-c3nn[nH]n3)c(N[C@H](CO)c3ccccc3)n2)cc1Cl. The Hall–Kier alpha value is -4.09. The summed E-state index contributed by atoms with van der Waals surface area (Å²) in [5.41, 5.74) is 2.32. The molecule has 0 saturated heterocycles. The number of hydrogen-bond donors (Lipinski definition) is 5. The number of rotatable bonds is 8. The molecule has 168 valence electrons. The molecule has 0 unspecified atom stereocenters. The topological polar surface area (TPSA) is 154 Å². The van der Waals surface area contributed by atoms with Crippen LogP contribution in [0.1, 0.15) is 22.0 Å². The molecule has 11 nitrogen and oxygen atoms in total. The van der Waals surface area contributed by atoms with Gasteiger partial charge in [-0.05, 0) is 29.0 Å². The molecule has 0 aliphatic carbocycles. The number of halogens is 1. The molecule has 0 fully saturated rings. The van der Waals surface area contributed by atoms with Crippen LogP contribution in [0.3, 0.4) is 0 Å². The van der Waals surface area contributed by atoms with E-state index in [4.69, 9.17) is 11.6 Å². The van der Waals surface area contributed by atoms with Crippen LogP contribution in [0.5, 0.6) is 0 Å². The minimum atomic E-state index is -0.430. The number of benzene rings is 2. The number of amides is 1.